The van der Waals surface area contributed by atoms with Crippen LogP contribution in [0.4, 0.5) is 0 Å². The number of nitrogens with zero attached hydrogens (tertiary/aromatic N) is 4. The Morgan fingerprint density at radius 2 is 1.00 bits per heavy atom. The van der Waals surface area contributed by atoms with Gasteiger partial charge in [-0.15, -0.1) is 11.3 Å². The molecule has 0 aliphatic rings. The van der Waals surface area contributed by atoms with Gasteiger partial charge >= 0.3 is 0 Å². The summed E-state index contributed by atoms with van der Waals surface area (Å²) in [5.74, 6) is 0.715. The number of thiazole rings is 1. The summed E-state index contributed by atoms with van der Waals surface area (Å²) in [5, 5.41) is 5.85. The number of hydrogen-bond donors (Lipinski definition) is 0. The molecule has 0 atom stereocenters. The minimum absolute atomic E-state index is 0.715. The molecule has 0 bridgehead atoms. The maximum absolute atomic E-state index is 5.08. The van der Waals surface area contributed by atoms with E-state index in [1.807, 2.05) is 36.4 Å². The molecular formula is C51H32N4S. The maximum atomic E-state index is 5.08. The third-order valence-electron chi connectivity index (χ3n) is 10.6. The summed E-state index contributed by atoms with van der Waals surface area (Å²) >= 11 is 1.74. The van der Waals surface area contributed by atoms with Crippen molar-refractivity contribution in [1.82, 2.24) is 19.5 Å². The van der Waals surface area contributed by atoms with Crippen molar-refractivity contribution < 1.29 is 0 Å². The van der Waals surface area contributed by atoms with E-state index in [1.54, 1.807) is 11.3 Å². The monoisotopic (exact) mass is 732 g/mol. The van der Waals surface area contributed by atoms with Crippen molar-refractivity contribution in [3.63, 3.8) is 0 Å². The van der Waals surface area contributed by atoms with Gasteiger partial charge in [0.2, 0.25) is 0 Å². The standard InChI is InChI=1S/C51H32N4S/c1-3-11-35(12-4-1)45-32-46(53-50(52-45)36-13-5-2-6-14-36)38-22-20-34-19-21-37(29-40(34)30-38)33-23-26-41(27-24-33)55-47-17-9-7-15-42(47)43-28-25-39(31-48(43)55)51-54-44-16-8-10-18-49(44)56-51/h1-32H. The highest BCUT2D eigenvalue weighted by atomic mass is 32.1. The summed E-state index contributed by atoms with van der Waals surface area (Å²) in [6.07, 6.45) is 0. The minimum Gasteiger partial charge on any atom is -0.309 e. The lowest BCUT2D eigenvalue weighted by molar-refractivity contribution is 1.18. The molecule has 11 rings (SSSR count). The zero-order valence-electron chi connectivity index (χ0n) is 30.2. The number of fused-ring (bicyclic) bond motifs is 5. The molecule has 0 aliphatic carbocycles. The van der Waals surface area contributed by atoms with Crippen molar-refractivity contribution in [3.05, 3.63) is 194 Å². The molecule has 11 aromatic rings. The largest absolute Gasteiger partial charge is 0.309 e. The Morgan fingerprint density at radius 1 is 0.375 bits per heavy atom. The van der Waals surface area contributed by atoms with Crippen LogP contribution < -0.4 is 0 Å². The van der Waals surface area contributed by atoms with Gasteiger partial charge in [-0.3, -0.25) is 0 Å². The van der Waals surface area contributed by atoms with Crippen molar-refractivity contribution in [2.75, 3.05) is 0 Å². The zero-order chi connectivity index (χ0) is 37.0. The summed E-state index contributed by atoms with van der Waals surface area (Å²) in [7, 11) is 0. The fourth-order valence-corrected chi connectivity index (χ4v) is 8.80. The smallest absolute Gasteiger partial charge is 0.160 e. The first kappa shape index (κ1) is 32.2. The second kappa shape index (κ2) is 13.3. The number of benzene rings is 8. The SMILES string of the molecule is c1ccc(-c2cc(-c3ccc4ccc(-c5ccc(-n6c7ccccc7c7ccc(-c8nc9ccccc9s8)cc76)cc5)cc4c3)nc(-c3ccccc3)n2)cc1. The molecule has 262 valence electrons. The van der Waals surface area contributed by atoms with Crippen molar-refractivity contribution >= 4 is 54.1 Å². The van der Waals surface area contributed by atoms with Gasteiger partial charge in [0.15, 0.2) is 5.82 Å². The minimum atomic E-state index is 0.715. The molecule has 56 heavy (non-hydrogen) atoms. The van der Waals surface area contributed by atoms with E-state index < -0.39 is 0 Å². The van der Waals surface area contributed by atoms with Crippen LogP contribution in [0.3, 0.4) is 0 Å². The molecule has 0 saturated carbocycles. The molecule has 4 nitrogen and oxygen atoms in total. The third-order valence-corrected chi connectivity index (χ3v) is 11.7. The predicted molar refractivity (Wildman–Crippen MR) is 234 cm³/mol. The highest BCUT2D eigenvalue weighted by Gasteiger charge is 2.16. The normalized spacial score (nSPS) is 11.6. The Kier molecular flexibility index (Phi) is 7.64. The van der Waals surface area contributed by atoms with Gasteiger partial charge in [-0.2, -0.15) is 0 Å². The fourth-order valence-electron chi connectivity index (χ4n) is 7.83. The molecule has 3 aromatic heterocycles. The summed E-state index contributed by atoms with van der Waals surface area (Å²) in [4.78, 5) is 15.0. The Morgan fingerprint density at radius 3 is 1.80 bits per heavy atom. The zero-order valence-corrected chi connectivity index (χ0v) is 31.0. The molecule has 0 amide bonds. The van der Waals surface area contributed by atoms with E-state index in [9.17, 15) is 0 Å². The summed E-state index contributed by atoms with van der Waals surface area (Å²) in [6, 6.07) is 68.7. The first-order valence-corrected chi connectivity index (χ1v) is 19.6. The molecule has 0 aliphatic heterocycles. The van der Waals surface area contributed by atoms with E-state index in [0.29, 0.717) is 5.82 Å². The Labute approximate surface area is 327 Å². The van der Waals surface area contributed by atoms with Gasteiger partial charge in [-0.1, -0.05) is 140 Å². The first-order chi connectivity index (χ1) is 27.7. The van der Waals surface area contributed by atoms with Crippen molar-refractivity contribution in [1.29, 1.82) is 0 Å². The highest BCUT2D eigenvalue weighted by molar-refractivity contribution is 7.21. The van der Waals surface area contributed by atoms with Gasteiger partial charge in [0.05, 0.1) is 32.6 Å². The summed E-state index contributed by atoms with van der Waals surface area (Å²) < 4.78 is 3.58. The Balaban J connectivity index is 0.973. The quantitative estimate of drug-likeness (QED) is 0.171. The predicted octanol–water partition coefficient (Wildman–Crippen LogP) is 13.7. The number of rotatable bonds is 6. The molecule has 5 heteroatoms. The maximum Gasteiger partial charge on any atom is 0.160 e. The van der Waals surface area contributed by atoms with Crippen LogP contribution in [0.25, 0.3) is 104 Å². The number of hydrogen-bond acceptors (Lipinski definition) is 4. The van der Waals surface area contributed by atoms with Gasteiger partial charge in [-0.25, -0.2) is 15.0 Å². The average molecular weight is 733 g/mol. The van der Waals surface area contributed by atoms with Crippen LogP contribution >= 0.6 is 11.3 Å². The van der Waals surface area contributed by atoms with Crippen molar-refractivity contribution in [2.45, 2.75) is 0 Å². The molecule has 0 fully saturated rings. The van der Waals surface area contributed by atoms with Gasteiger partial charge < -0.3 is 4.57 Å². The van der Waals surface area contributed by atoms with Crippen LogP contribution in [0, 0.1) is 0 Å². The Bertz CT molecular complexity index is 3150. The molecule has 0 spiro atoms. The molecule has 0 N–H and O–H groups in total. The van der Waals surface area contributed by atoms with Gasteiger partial charge in [-0.05, 0) is 76.5 Å². The second-order valence-electron chi connectivity index (χ2n) is 14.1. The topological polar surface area (TPSA) is 43.6 Å². The van der Waals surface area contributed by atoms with Crippen LogP contribution in [-0.2, 0) is 0 Å². The third kappa shape index (κ3) is 5.65. The van der Waals surface area contributed by atoms with Crippen LogP contribution in [0.15, 0.2) is 194 Å². The summed E-state index contributed by atoms with van der Waals surface area (Å²) in [5.41, 5.74) is 12.9. The van der Waals surface area contributed by atoms with Crippen LogP contribution in [-0.4, -0.2) is 19.5 Å². The van der Waals surface area contributed by atoms with E-state index in [2.05, 4.69) is 162 Å². The molecular weight excluding hydrogens is 701 g/mol. The van der Waals surface area contributed by atoms with Gasteiger partial charge in [0.1, 0.15) is 5.01 Å². The first-order valence-electron chi connectivity index (χ1n) is 18.8. The lowest BCUT2D eigenvalue weighted by Gasteiger charge is -2.11. The van der Waals surface area contributed by atoms with Gasteiger partial charge in [0, 0.05) is 38.7 Å². The molecule has 3 heterocycles. The second-order valence-corrected chi connectivity index (χ2v) is 15.1. The Hall–Kier alpha value is -7.21. The van der Waals surface area contributed by atoms with E-state index in [4.69, 9.17) is 15.0 Å². The van der Waals surface area contributed by atoms with Crippen LogP contribution in [0.5, 0.6) is 0 Å². The average Bonchev–Trinajstić information content (AvgIpc) is 3.86. The van der Waals surface area contributed by atoms with Crippen LogP contribution in [0.2, 0.25) is 0 Å². The van der Waals surface area contributed by atoms with Gasteiger partial charge in [0.25, 0.3) is 0 Å². The lowest BCUT2D eigenvalue weighted by Crippen LogP contribution is -1.96. The van der Waals surface area contributed by atoms with Crippen LogP contribution in [0.1, 0.15) is 0 Å². The molecule has 8 aromatic carbocycles. The van der Waals surface area contributed by atoms with E-state index in [-0.39, 0.29) is 0 Å². The molecule has 0 unspecified atom stereocenters. The number of aromatic nitrogens is 4. The highest BCUT2D eigenvalue weighted by Crippen LogP contribution is 2.38. The van der Waals surface area contributed by atoms with Crippen molar-refractivity contribution in [2.24, 2.45) is 0 Å². The van der Waals surface area contributed by atoms with E-state index in [0.717, 1.165) is 60.8 Å². The number of para-hydroxylation sites is 2. The lowest BCUT2D eigenvalue weighted by atomic mass is 9.98. The van der Waals surface area contributed by atoms with E-state index >= 15 is 0 Å². The molecule has 0 saturated heterocycles. The molecule has 0 radical (unpaired) electrons. The van der Waals surface area contributed by atoms with Crippen molar-refractivity contribution in [3.8, 4) is 61.3 Å². The fraction of sp³-hybridized carbons (Fsp3) is 0. The summed E-state index contributed by atoms with van der Waals surface area (Å²) in [6.45, 7) is 0. The van der Waals surface area contributed by atoms with E-state index in [1.165, 1.54) is 37.5 Å².